The van der Waals surface area contributed by atoms with Crippen LogP contribution in [0.25, 0.3) is 0 Å². The van der Waals surface area contributed by atoms with Crippen LogP contribution in [-0.4, -0.2) is 0 Å². The third kappa shape index (κ3) is 3.04. The SMILES string of the molecule is CC(C)Cc1cc(Cl)cc(Cl)c1. The Hall–Kier alpha value is -0.200. The molecular weight excluding hydrogens is 191 g/mol. The fraction of sp³-hybridized carbons (Fsp3) is 0.400. The van der Waals surface area contributed by atoms with Gasteiger partial charge in [0.15, 0.2) is 0 Å². The molecule has 1 rings (SSSR count). The van der Waals surface area contributed by atoms with Gasteiger partial charge in [0.2, 0.25) is 0 Å². The predicted octanol–water partition coefficient (Wildman–Crippen LogP) is 4.19. The van der Waals surface area contributed by atoms with Crippen molar-refractivity contribution in [3.63, 3.8) is 0 Å². The molecule has 0 spiro atoms. The van der Waals surface area contributed by atoms with Crippen molar-refractivity contribution in [1.29, 1.82) is 0 Å². The molecule has 0 fully saturated rings. The fourth-order valence-electron chi connectivity index (χ4n) is 1.20. The Morgan fingerprint density at radius 2 is 1.58 bits per heavy atom. The molecule has 0 aliphatic heterocycles. The molecule has 2 heteroatoms. The largest absolute Gasteiger partial charge is 0.0843 e. The van der Waals surface area contributed by atoms with Gasteiger partial charge in [0.1, 0.15) is 0 Å². The Morgan fingerprint density at radius 1 is 1.08 bits per heavy atom. The second kappa shape index (κ2) is 4.15. The van der Waals surface area contributed by atoms with Gasteiger partial charge < -0.3 is 0 Å². The van der Waals surface area contributed by atoms with Crippen LogP contribution in [-0.2, 0) is 6.42 Å². The Kier molecular flexibility index (Phi) is 3.42. The molecule has 0 aromatic heterocycles. The van der Waals surface area contributed by atoms with E-state index in [4.69, 9.17) is 23.2 Å². The van der Waals surface area contributed by atoms with Gasteiger partial charge in [-0.15, -0.1) is 0 Å². The molecule has 0 aliphatic carbocycles. The van der Waals surface area contributed by atoms with Crippen LogP contribution in [0.5, 0.6) is 0 Å². The zero-order chi connectivity index (χ0) is 9.14. The lowest BCUT2D eigenvalue weighted by molar-refractivity contribution is 0.647. The second-order valence-electron chi connectivity index (χ2n) is 3.38. The number of benzene rings is 1. The van der Waals surface area contributed by atoms with Gasteiger partial charge in [0, 0.05) is 10.0 Å². The Labute approximate surface area is 83.5 Å². The van der Waals surface area contributed by atoms with Crippen LogP contribution in [0.1, 0.15) is 19.4 Å². The smallest absolute Gasteiger partial charge is 0.0423 e. The van der Waals surface area contributed by atoms with Crippen LogP contribution >= 0.6 is 23.2 Å². The summed E-state index contributed by atoms with van der Waals surface area (Å²) in [6.45, 7) is 4.35. The summed E-state index contributed by atoms with van der Waals surface area (Å²) < 4.78 is 0. The van der Waals surface area contributed by atoms with Crippen LogP contribution in [0.3, 0.4) is 0 Å². The van der Waals surface area contributed by atoms with E-state index >= 15 is 0 Å². The van der Waals surface area contributed by atoms with E-state index in [-0.39, 0.29) is 0 Å². The zero-order valence-electron chi connectivity index (χ0n) is 7.27. The quantitative estimate of drug-likeness (QED) is 0.675. The van der Waals surface area contributed by atoms with Crippen molar-refractivity contribution >= 4 is 23.2 Å². The third-order valence-corrected chi connectivity index (χ3v) is 2.00. The van der Waals surface area contributed by atoms with Gasteiger partial charge in [0.05, 0.1) is 0 Å². The highest BCUT2D eigenvalue weighted by Gasteiger charge is 2.00. The van der Waals surface area contributed by atoms with Crippen molar-refractivity contribution < 1.29 is 0 Å². The molecule has 0 nitrogen and oxygen atoms in total. The first-order chi connectivity index (χ1) is 5.58. The third-order valence-electron chi connectivity index (χ3n) is 1.57. The van der Waals surface area contributed by atoms with Crippen LogP contribution in [0.2, 0.25) is 10.0 Å². The molecule has 12 heavy (non-hydrogen) atoms. The summed E-state index contributed by atoms with van der Waals surface area (Å²) >= 11 is 11.7. The second-order valence-corrected chi connectivity index (χ2v) is 4.25. The maximum atomic E-state index is 5.85. The summed E-state index contributed by atoms with van der Waals surface area (Å²) in [4.78, 5) is 0. The van der Waals surface area contributed by atoms with Crippen LogP contribution in [0, 0.1) is 5.92 Å². The minimum atomic E-state index is 0.638. The van der Waals surface area contributed by atoms with Crippen LogP contribution in [0.15, 0.2) is 18.2 Å². The topological polar surface area (TPSA) is 0 Å². The van der Waals surface area contributed by atoms with Gasteiger partial charge in [-0.05, 0) is 36.1 Å². The lowest BCUT2D eigenvalue weighted by Gasteiger charge is -2.05. The predicted molar refractivity (Wildman–Crippen MR) is 55.0 cm³/mol. The summed E-state index contributed by atoms with van der Waals surface area (Å²) in [5.41, 5.74) is 1.21. The lowest BCUT2D eigenvalue weighted by Crippen LogP contribution is -1.93. The van der Waals surface area contributed by atoms with E-state index in [0.717, 1.165) is 16.5 Å². The van der Waals surface area contributed by atoms with Crippen molar-refractivity contribution in [2.75, 3.05) is 0 Å². The van der Waals surface area contributed by atoms with E-state index in [1.165, 1.54) is 5.56 Å². The average molecular weight is 203 g/mol. The maximum Gasteiger partial charge on any atom is 0.0423 e. The molecule has 0 N–H and O–H groups in total. The molecule has 1 aromatic carbocycles. The van der Waals surface area contributed by atoms with Gasteiger partial charge in [-0.25, -0.2) is 0 Å². The summed E-state index contributed by atoms with van der Waals surface area (Å²) in [7, 11) is 0. The van der Waals surface area contributed by atoms with E-state index in [9.17, 15) is 0 Å². The van der Waals surface area contributed by atoms with E-state index in [2.05, 4.69) is 13.8 Å². The van der Waals surface area contributed by atoms with Crippen molar-refractivity contribution in [1.82, 2.24) is 0 Å². The summed E-state index contributed by atoms with van der Waals surface area (Å²) in [6.07, 6.45) is 1.03. The van der Waals surface area contributed by atoms with E-state index in [1.807, 2.05) is 12.1 Å². The monoisotopic (exact) mass is 202 g/mol. The number of hydrogen-bond donors (Lipinski definition) is 0. The van der Waals surface area contributed by atoms with Crippen LogP contribution in [0.4, 0.5) is 0 Å². The summed E-state index contributed by atoms with van der Waals surface area (Å²) in [5, 5.41) is 1.44. The molecule has 1 aromatic rings. The van der Waals surface area contributed by atoms with Crippen LogP contribution < -0.4 is 0 Å². The standard InChI is InChI=1S/C10H12Cl2/c1-7(2)3-8-4-9(11)6-10(12)5-8/h4-7H,3H2,1-2H3. The molecule has 0 saturated carbocycles. The molecule has 0 amide bonds. The van der Waals surface area contributed by atoms with Crippen molar-refractivity contribution in [3.05, 3.63) is 33.8 Å². The molecule has 0 aliphatic rings. The number of halogens is 2. The first-order valence-corrected chi connectivity index (χ1v) is 4.78. The number of hydrogen-bond acceptors (Lipinski definition) is 0. The minimum Gasteiger partial charge on any atom is -0.0843 e. The van der Waals surface area contributed by atoms with Gasteiger partial charge >= 0.3 is 0 Å². The lowest BCUT2D eigenvalue weighted by atomic mass is 10.0. The zero-order valence-corrected chi connectivity index (χ0v) is 8.78. The molecule has 0 radical (unpaired) electrons. The molecular formula is C10H12Cl2. The normalized spacial score (nSPS) is 10.8. The van der Waals surface area contributed by atoms with Gasteiger partial charge in [0.25, 0.3) is 0 Å². The molecule has 0 heterocycles. The van der Waals surface area contributed by atoms with E-state index in [0.29, 0.717) is 5.92 Å². The van der Waals surface area contributed by atoms with Crippen molar-refractivity contribution in [3.8, 4) is 0 Å². The Balaban J connectivity index is 2.85. The van der Waals surface area contributed by atoms with Gasteiger partial charge in [-0.2, -0.15) is 0 Å². The highest BCUT2D eigenvalue weighted by Crippen LogP contribution is 2.20. The Morgan fingerprint density at radius 3 is 2.00 bits per heavy atom. The minimum absolute atomic E-state index is 0.638. The first-order valence-electron chi connectivity index (χ1n) is 4.03. The molecule has 0 unspecified atom stereocenters. The van der Waals surface area contributed by atoms with Gasteiger partial charge in [-0.3, -0.25) is 0 Å². The number of rotatable bonds is 2. The average Bonchev–Trinajstić information content (AvgIpc) is 1.81. The molecule has 66 valence electrons. The maximum absolute atomic E-state index is 5.85. The molecule has 0 saturated heterocycles. The first kappa shape index (κ1) is 9.88. The highest BCUT2D eigenvalue weighted by atomic mass is 35.5. The fourth-order valence-corrected chi connectivity index (χ4v) is 1.77. The summed E-state index contributed by atoms with van der Waals surface area (Å²) in [6, 6.07) is 5.69. The summed E-state index contributed by atoms with van der Waals surface area (Å²) in [5.74, 6) is 0.638. The van der Waals surface area contributed by atoms with Crippen molar-refractivity contribution in [2.24, 2.45) is 5.92 Å². The van der Waals surface area contributed by atoms with E-state index < -0.39 is 0 Å². The molecule has 0 bridgehead atoms. The Bertz CT molecular complexity index is 246. The van der Waals surface area contributed by atoms with E-state index in [1.54, 1.807) is 6.07 Å². The van der Waals surface area contributed by atoms with Gasteiger partial charge in [-0.1, -0.05) is 37.0 Å². The highest BCUT2D eigenvalue weighted by molar-refractivity contribution is 6.34. The van der Waals surface area contributed by atoms with Crippen molar-refractivity contribution in [2.45, 2.75) is 20.3 Å². The molecule has 0 atom stereocenters.